The first-order valence-corrected chi connectivity index (χ1v) is 13.4. The number of carbonyl (C=O) groups is 2. The van der Waals surface area contributed by atoms with E-state index >= 15 is 0 Å². The van der Waals surface area contributed by atoms with Gasteiger partial charge in [0.1, 0.15) is 17.0 Å². The van der Waals surface area contributed by atoms with Gasteiger partial charge < -0.3 is 20.6 Å². The molecule has 5 atom stereocenters. The van der Waals surface area contributed by atoms with E-state index in [-0.39, 0.29) is 35.4 Å². The molecule has 3 saturated carbocycles. The number of fused-ring (bicyclic) bond motifs is 2. The van der Waals surface area contributed by atoms with E-state index in [1.54, 1.807) is 36.4 Å². The molecule has 192 valence electrons. The molecule has 8 heteroatoms. The predicted octanol–water partition coefficient (Wildman–Crippen LogP) is 2.49. The molecule has 2 aromatic carbocycles. The van der Waals surface area contributed by atoms with Gasteiger partial charge >= 0.3 is 6.03 Å². The normalized spacial score (nSPS) is 39.4. The fraction of sp³-hybridized carbons (Fsp3) is 0.517. The molecule has 3 spiro atoms. The average molecular weight is 502 g/mol. The number of phenols is 2. The van der Waals surface area contributed by atoms with Gasteiger partial charge in [0.25, 0.3) is 5.91 Å². The van der Waals surface area contributed by atoms with Crippen LogP contribution in [0.15, 0.2) is 42.5 Å². The summed E-state index contributed by atoms with van der Waals surface area (Å²) >= 11 is 0. The standard InChI is InChI=1S/C29H31N3O5/c33-19-5-3-18(4-6-19)13-32-24(35)28(30-25(32)36)9-10-29(37)23-26(16-31(23)12-17-1-2-17)14-27(29,15-28)22-11-20(34)7-8-21(22)26/h3-8,11,17,23,33-34,37H,1-2,9-10,12-16H2,(H,30,36). The highest BCUT2D eigenvalue weighted by molar-refractivity contribution is 6.07. The maximum atomic E-state index is 14.0. The molecule has 2 aromatic rings. The fourth-order valence-electron chi connectivity index (χ4n) is 9.05. The van der Waals surface area contributed by atoms with Gasteiger partial charge in [-0.25, -0.2) is 4.79 Å². The zero-order chi connectivity index (χ0) is 25.4. The largest absolute Gasteiger partial charge is 0.508 e. The van der Waals surface area contributed by atoms with E-state index in [9.17, 15) is 24.9 Å². The number of nitrogens with zero attached hydrogens (tertiary/aromatic N) is 2. The SMILES string of the molecule is O=C1NC2(CCC3(O)C4N(CC5CC5)CC45CC3(C2)c2cc(O)ccc25)C(=O)N1Cc1ccc(O)cc1. The lowest BCUT2D eigenvalue weighted by Crippen LogP contribution is -2.76. The van der Waals surface area contributed by atoms with Crippen LogP contribution in [0, 0.1) is 5.92 Å². The van der Waals surface area contributed by atoms with Gasteiger partial charge in [-0.15, -0.1) is 0 Å². The summed E-state index contributed by atoms with van der Waals surface area (Å²) < 4.78 is 0. The van der Waals surface area contributed by atoms with Gasteiger partial charge in [0.15, 0.2) is 0 Å². The number of imide groups is 1. The minimum Gasteiger partial charge on any atom is -0.508 e. The molecule has 8 rings (SSSR count). The van der Waals surface area contributed by atoms with Crippen LogP contribution in [0.2, 0.25) is 0 Å². The van der Waals surface area contributed by atoms with Crippen LogP contribution in [0.5, 0.6) is 11.5 Å². The molecule has 5 unspecified atom stereocenters. The first kappa shape index (κ1) is 21.9. The molecule has 4 aliphatic carbocycles. The predicted molar refractivity (Wildman–Crippen MR) is 133 cm³/mol. The fourth-order valence-corrected chi connectivity index (χ4v) is 9.05. The third-order valence-corrected chi connectivity index (χ3v) is 10.6. The van der Waals surface area contributed by atoms with Crippen LogP contribution in [0.25, 0.3) is 0 Å². The summed E-state index contributed by atoms with van der Waals surface area (Å²) in [6.07, 6.45) is 4.40. The number of carbonyl (C=O) groups excluding carboxylic acids is 2. The Morgan fingerprint density at radius 1 is 0.946 bits per heavy atom. The highest BCUT2D eigenvalue weighted by atomic mass is 16.3. The van der Waals surface area contributed by atoms with Gasteiger partial charge in [-0.1, -0.05) is 18.2 Å². The van der Waals surface area contributed by atoms with E-state index in [1.165, 1.54) is 23.3 Å². The molecule has 0 radical (unpaired) electrons. The smallest absolute Gasteiger partial charge is 0.325 e. The first-order valence-electron chi connectivity index (χ1n) is 13.4. The molecule has 0 aromatic heterocycles. The van der Waals surface area contributed by atoms with Crippen molar-refractivity contribution in [1.29, 1.82) is 0 Å². The molecule has 2 saturated heterocycles. The maximum Gasteiger partial charge on any atom is 0.325 e. The van der Waals surface area contributed by atoms with Crippen molar-refractivity contribution in [2.45, 2.75) is 73.1 Å². The molecular formula is C29H31N3O5. The Hall–Kier alpha value is -3.10. The highest BCUT2D eigenvalue weighted by Crippen LogP contribution is 2.75. The Bertz CT molecular complexity index is 1370. The lowest BCUT2D eigenvalue weighted by Gasteiger charge is -2.63. The van der Waals surface area contributed by atoms with Crippen LogP contribution in [-0.4, -0.2) is 67.3 Å². The van der Waals surface area contributed by atoms with E-state index in [1.807, 2.05) is 6.07 Å². The third kappa shape index (κ3) is 2.55. The molecule has 8 nitrogen and oxygen atoms in total. The number of urea groups is 1. The van der Waals surface area contributed by atoms with Gasteiger partial charge in [0, 0.05) is 23.9 Å². The van der Waals surface area contributed by atoms with E-state index < -0.39 is 22.6 Å². The van der Waals surface area contributed by atoms with Gasteiger partial charge in [0.05, 0.1) is 18.2 Å². The Balaban J connectivity index is 1.18. The summed E-state index contributed by atoms with van der Waals surface area (Å²) in [5.74, 6) is 0.764. The number of rotatable bonds is 4. The molecule has 2 bridgehead atoms. The summed E-state index contributed by atoms with van der Waals surface area (Å²) in [5, 5.41) is 35.7. The lowest BCUT2D eigenvalue weighted by atomic mass is 9.52. The summed E-state index contributed by atoms with van der Waals surface area (Å²) in [4.78, 5) is 30.9. The van der Waals surface area contributed by atoms with Crippen molar-refractivity contribution >= 4 is 11.9 Å². The second kappa shape index (κ2) is 6.66. The van der Waals surface area contributed by atoms with Crippen molar-refractivity contribution in [3.05, 3.63) is 59.2 Å². The monoisotopic (exact) mass is 501 g/mol. The Kier molecular flexibility index (Phi) is 3.95. The molecule has 4 N–H and O–H groups in total. The minimum atomic E-state index is -1.08. The highest BCUT2D eigenvalue weighted by Gasteiger charge is 2.83. The number of hydrogen-bond donors (Lipinski definition) is 4. The summed E-state index contributed by atoms with van der Waals surface area (Å²) in [5.41, 5.74) is -0.0675. The van der Waals surface area contributed by atoms with Crippen LogP contribution in [-0.2, 0) is 22.2 Å². The molecular weight excluding hydrogens is 470 g/mol. The van der Waals surface area contributed by atoms with Crippen molar-refractivity contribution < 1.29 is 24.9 Å². The number of nitrogens with one attached hydrogen (secondary N) is 1. The van der Waals surface area contributed by atoms with E-state index in [4.69, 9.17) is 0 Å². The number of aromatic hydroxyl groups is 2. The molecule has 6 aliphatic rings. The summed E-state index contributed by atoms with van der Waals surface area (Å²) in [6.45, 7) is 2.04. The second-order valence-corrected chi connectivity index (χ2v) is 12.6. The first-order chi connectivity index (χ1) is 17.7. The topological polar surface area (TPSA) is 113 Å². The van der Waals surface area contributed by atoms with Gasteiger partial charge in [0.2, 0.25) is 0 Å². The van der Waals surface area contributed by atoms with Crippen LogP contribution < -0.4 is 5.32 Å². The Morgan fingerprint density at radius 2 is 1.70 bits per heavy atom. The Morgan fingerprint density at radius 3 is 2.46 bits per heavy atom. The van der Waals surface area contributed by atoms with Crippen LogP contribution in [0.1, 0.15) is 55.2 Å². The van der Waals surface area contributed by atoms with Crippen LogP contribution in [0.4, 0.5) is 4.79 Å². The molecule has 37 heavy (non-hydrogen) atoms. The van der Waals surface area contributed by atoms with Crippen LogP contribution >= 0.6 is 0 Å². The average Bonchev–Trinajstić information content (AvgIpc) is 3.55. The number of benzene rings is 2. The number of hydrogen-bond acceptors (Lipinski definition) is 6. The zero-order valence-electron chi connectivity index (χ0n) is 20.6. The van der Waals surface area contributed by atoms with Gasteiger partial charge in [-0.2, -0.15) is 0 Å². The third-order valence-electron chi connectivity index (χ3n) is 10.6. The second-order valence-electron chi connectivity index (χ2n) is 12.6. The summed E-state index contributed by atoms with van der Waals surface area (Å²) in [7, 11) is 0. The zero-order valence-corrected chi connectivity index (χ0v) is 20.6. The van der Waals surface area contributed by atoms with Crippen molar-refractivity contribution in [2.24, 2.45) is 5.92 Å². The lowest BCUT2D eigenvalue weighted by molar-refractivity contribution is -0.162. The summed E-state index contributed by atoms with van der Waals surface area (Å²) in [6, 6.07) is 11.7. The van der Waals surface area contributed by atoms with E-state index in [0.717, 1.165) is 36.6 Å². The quantitative estimate of drug-likeness (QED) is 0.479. The van der Waals surface area contributed by atoms with Gasteiger partial charge in [-0.05, 0) is 85.4 Å². The van der Waals surface area contributed by atoms with Gasteiger partial charge in [-0.3, -0.25) is 14.6 Å². The molecule has 2 heterocycles. The van der Waals surface area contributed by atoms with E-state index in [2.05, 4.69) is 10.2 Å². The number of phenolic OH excluding ortho intramolecular Hbond substituents is 2. The van der Waals surface area contributed by atoms with Crippen molar-refractivity contribution in [3.63, 3.8) is 0 Å². The number of amides is 3. The van der Waals surface area contributed by atoms with Crippen molar-refractivity contribution in [2.75, 3.05) is 13.1 Å². The van der Waals surface area contributed by atoms with Crippen molar-refractivity contribution in [3.8, 4) is 11.5 Å². The van der Waals surface area contributed by atoms with Crippen molar-refractivity contribution in [1.82, 2.24) is 15.1 Å². The van der Waals surface area contributed by atoms with E-state index in [0.29, 0.717) is 19.3 Å². The molecule has 2 aliphatic heterocycles. The molecule has 5 fully saturated rings. The number of likely N-dealkylation sites (tertiary alicyclic amines) is 1. The minimum absolute atomic E-state index is 0.00954. The Labute approximate surface area is 214 Å². The number of aliphatic hydroxyl groups is 1. The maximum absolute atomic E-state index is 14.0. The van der Waals surface area contributed by atoms with Crippen LogP contribution in [0.3, 0.4) is 0 Å². The molecule has 3 amide bonds.